The molecule has 1 aromatic heterocycles. The Balaban J connectivity index is 1.64. The Bertz CT molecular complexity index is 1050. The molecule has 9 heteroatoms. The number of thioether (sulfide) groups is 1. The topological polar surface area (TPSA) is 96.8 Å². The van der Waals surface area contributed by atoms with Crippen LogP contribution in [-0.4, -0.2) is 44.6 Å². The summed E-state index contributed by atoms with van der Waals surface area (Å²) < 4.78 is 25.8. The Morgan fingerprint density at radius 1 is 1.25 bits per heavy atom. The lowest BCUT2D eigenvalue weighted by Gasteiger charge is -2.18. The molecule has 2 aromatic carbocycles. The monoisotopic (exact) mass is 422 g/mol. The third kappa shape index (κ3) is 4.11. The van der Waals surface area contributed by atoms with Crippen LogP contribution in [0.5, 0.6) is 0 Å². The number of rotatable bonds is 5. The molecule has 28 heavy (non-hydrogen) atoms. The number of aliphatic hydroxyl groups excluding tert-OH is 1. The summed E-state index contributed by atoms with van der Waals surface area (Å²) in [5.41, 5.74) is 2.38. The zero-order chi connectivity index (χ0) is 19.9. The predicted octanol–water partition coefficient (Wildman–Crippen LogP) is 3.77. The number of aromatic nitrogens is 1. The van der Waals surface area contributed by atoms with E-state index >= 15 is 0 Å². The van der Waals surface area contributed by atoms with Crippen molar-refractivity contribution in [3.05, 3.63) is 48.4 Å². The molecule has 0 radical (unpaired) electrons. The number of aromatic amines is 1. The van der Waals surface area contributed by atoms with E-state index in [4.69, 9.17) is 9.79 Å². The van der Waals surface area contributed by atoms with Crippen LogP contribution in [0.25, 0.3) is 22.0 Å². The Kier molecular flexibility index (Phi) is 5.24. The van der Waals surface area contributed by atoms with Crippen molar-refractivity contribution < 1.29 is 23.8 Å². The van der Waals surface area contributed by atoms with E-state index in [1.54, 1.807) is 12.3 Å². The molecule has 3 aromatic rings. The number of hydrogen-bond acceptors (Lipinski definition) is 4. The van der Waals surface area contributed by atoms with Crippen molar-refractivity contribution in [2.75, 3.05) is 23.5 Å². The average Bonchev–Trinajstić information content (AvgIpc) is 3.25. The SMILES string of the molecule is O=P(O)(O)CSc1c[nH]c2cc(F)c(-c3ccc(N4CC[C@H](O)C4)cc3)cc12. The molecular weight excluding hydrogens is 402 g/mol. The van der Waals surface area contributed by atoms with Crippen LogP contribution >= 0.6 is 19.4 Å². The molecule has 1 aliphatic rings. The molecular formula is C19H20FN2O4PS. The molecule has 1 fully saturated rings. The maximum Gasteiger partial charge on any atom is 0.335 e. The summed E-state index contributed by atoms with van der Waals surface area (Å²) in [7, 11) is -4.13. The van der Waals surface area contributed by atoms with Crippen LogP contribution in [0.4, 0.5) is 10.1 Å². The molecule has 4 rings (SSSR count). The molecule has 1 aliphatic heterocycles. The highest BCUT2D eigenvalue weighted by Gasteiger charge is 2.21. The molecule has 2 heterocycles. The van der Waals surface area contributed by atoms with Crippen LogP contribution in [0, 0.1) is 5.82 Å². The highest BCUT2D eigenvalue weighted by atomic mass is 32.2. The normalized spacial score (nSPS) is 17.6. The first kappa shape index (κ1) is 19.5. The number of benzene rings is 2. The molecule has 0 amide bonds. The molecule has 0 spiro atoms. The van der Waals surface area contributed by atoms with Crippen molar-refractivity contribution in [2.45, 2.75) is 17.4 Å². The van der Waals surface area contributed by atoms with Crippen molar-refractivity contribution >= 4 is 35.9 Å². The van der Waals surface area contributed by atoms with Crippen molar-refractivity contribution in [3.63, 3.8) is 0 Å². The molecule has 4 N–H and O–H groups in total. The predicted molar refractivity (Wildman–Crippen MR) is 109 cm³/mol. The first-order chi connectivity index (χ1) is 13.3. The van der Waals surface area contributed by atoms with Gasteiger partial charge in [0, 0.05) is 46.3 Å². The number of halogens is 1. The maximum absolute atomic E-state index is 14.6. The van der Waals surface area contributed by atoms with Gasteiger partial charge >= 0.3 is 7.60 Å². The van der Waals surface area contributed by atoms with Crippen LogP contribution in [-0.2, 0) is 4.57 Å². The van der Waals surface area contributed by atoms with Crippen molar-refractivity contribution in [1.82, 2.24) is 4.98 Å². The second-order valence-corrected chi connectivity index (χ2v) is 9.99. The van der Waals surface area contributed by atoms with Crippen LogP contribution in [0.3, 0.4) is 0 Å². The second kappa shape index (κ2) is 7.54. The summed E-state index contributed by atoms with van der Waals surface area (Å²) in [5, 5.41) is 10.4. The summed E-state index contributed by atoms with van der Waals surface area (Å²) in [6, 6.07) is 10.6. The lowest BCUT2D eigenvalue weighted by atomic mass is 10.0. The summed E-state index contributed by atoms with van der Waals surface area (Å²) >= 11 is 1.05. The number of nitrogens with zero attached hydrogens (tertiary/aromatic N) is 1. The van der Waals surface area contributed by atoms with E-state index in [0.29, 0.717) is 22.5 Å². The minimum absolute atomic E-state index is 0.308. The number of β-amino-alcohol motifs (C(OH)–C–C–N with tert-alkyl or cyclic N) is 1. The highest BCUT2D eigenvalue weighted by Crippen LogP contribution is 2.43. The Hall–Kier alpha value is -1.83. The third-order valence-corrected chi connectivity index (χ3v) is 7.34. The van der Waals surface area contributed by atoms with E-state index in [1.165, 1.54) is 6.07 Å². The van der Waals surface area contributed by atoms with Crippen LogP contribution in [0.1, 0.15) is 6.42 Å². The quantitative estimate of drug-likeness (QED) is 0.369. The first-order valence-electron chi connectivity index (χ1n) is 8.81. The van der Waals surface area contributed by atoms with E-state index in [0.717, 1.165) is 41.4 Å². The van der Waals surface area contributed by atoms with Gasteiger partial charge in [-0.05, 0) is 36.2 Å². The van der Waals surface area contributed by atoms with Gasteiger partial charge in [-0.25, -0.2) is 4.39 Å². The molecule has 0 bridgehead atoms. The maximum atomic E-state index is 14.6. The molecule has 148 valence electrons. The zero-order valence-electron chi connectivity index (χ0n) is 14.9. The van der Waals surface area contributed by atoms with Gasteiger partial charge in [0.15, 0.2) is 0 Å². The van der Waals surface area contributed by atoms with Crippen LogP contribution < -0.4 is 4.90 Å². The van der Waals surface area contributed by atoms with Crippen LogP contribution in [0.15, 0.2) is 47.5 Å². The van der Waals surface area contributed by atoms with Gasteiger partial charge in [0.2, 0.25) is 0 Å². The minimum Gasteiger partial charge on any atom is -0.391 e. The van der Waals surface area contributed by atoms with Crippen LogP contribution in [0.2, 0.25) is 0 Å². The van der Waals surface area contributed by atoms with Gasteiger partial charge in [-0.2, -0.15) is 0 Å². The Labute approximate surface area is 165 Å². The first-order valence-corrected chi connectivity index (χ1v) is 11.6. The summed E-state index contributed by atoms with van der Waals surface area (Å²) in [5.74, 6) is -0.370. The summed E-state index contributed by atoms with van der Waals surface area (Å²) in [6.07, 6.45) is 2.07. The fourth-order valence-electron chi connectivity index (χ4n) is 3.44. The fraction of sp³-hybridized carbons (Fsp3) is 0.263. The Morgan fingerprint density at radius 2 is 2.00 bits per heavy atom. The van der Waals surface area contributed by atoms with Gasteiger partial charge in [-0.1, -0.05) is 12.1 Å². The molecule has 0 aliphatic carbocycles. The number of hydrogen-bond donors (Lipinski definition) is 4. The Morgan fingerprint density at radius 3 is 2.64 bits per heavy atom. The van der Waals surface area contributed by atoms with Gasteiger partial charge in [-0.3, -0.25) is 4.57 Å². The van der Waals surface area contributed by atoms with Gasteiger partial charge in [-0.15, -0.1) is 11.8 Å². The molecule has 0 unspecified atom stereocenters. The lowest BCUT2D eigenvalue weighted by molar-refractivity contribution is 0.198. The largest absolute Gasteiger partial charge is 0.391 e. The van der Waals surface area contributed by atoms with Crippen molar-refractivity contribution in [2.24, 2.45) is 0 Å². The van der Waals surface area contributed by atoms with Gasteiger partial charge in [0.25, 0.3) is 0 Å². The number of fused-ring (bicyclic) bond motifs is 1. The average molecular weight is 422 g/mol. The van der Waals surface area contributed by atoms with Gasteiger partial charge < -0.3 is 24.8 Å². The number of H-pyrrole nitrogens is 1. The number of anilines is 1. The third-order valence-electron chi connectivity index (χ3n) is 4.83. The van der Waals surface area contributed by atoms with E-state index < -0.39 is 7.60 Å². The smallest absolute Gasteiger partial charge is 0.335 e. The summed E-state index contributed by atoms with van der Waals surface area (Å²) in [6.45, 7) is 1.40. The van der Waals surface area contributed by atoms with Crippen molar-refractivity contribution in [3.8, 4) is 11.1 Å². The molecule has 1 saturated heterocycles. The van der Waals surface area contributed by atoms with Crippen molar-refractivity contribution in [1.29, 1.82) is 0 Å². The fourth-order valence-corrected chi connectivity index (χ4v) is 5.14. The molecule has 1 atom stereocenters. The number of nitrogens with one attached hydrogen (secondary N) is 1. The summed E-state index contributed by atoms with van der Waals surface area (Å²) in [4.78, 5) is 23.9. The second-order valence-electron chi connectivity index (χ2n) is 6.90. The minimum atomic E-state index is -4.13. The molecule has 6 nitrogen and oxygen atoms in total. The highest BCUT2D eigenvalue weighted by molar-refractivity contribution is 8.04. The lowest BCUT2D eigenvalue weighted by Crippen LogP contribution is -2.20. The zero-order valence-corrected chi connectivity index (χ0v) is 16.6. The van der Waals surface area contributed by atoms with E-state index in [2.05, 4.69) is 9.88 Å². The van der Waals surface area contributed by atoms with E-state index in [-0.39, 0.29) is 17.4 Å². The molecule has 0 saturated carbocycles. The van der Waals surface area contributed by atoms with Gasteiger partial charge in [0.1, 0.15) is 11.3 Å². The number of aliphatic hydroxyl groups is 1. The van der Waals surface area contributed by atoms with E-state index in [9.17, 15) is 14.1 Å². The standard InChI is InChI=1S/C19H20FN2O4PS/c20-17-8-18-16(19(9-21-18)28-11-27(24,25)26)7-15(17)12-1-3-13(4-2-12)22-6-5-14(23)10-22/h1-4,7-9,14,21,23H,5-6,10-11H2,(H2,24,25,26)/t14-/m0/s1. The van der Waals surface area contributed by atoms with Gasteiger partial charge in [0.05, 0.1) is 6.10 Å². The van der Waals surface area contributed by atoms with E-state index in [1.807, 2.05) is 24.3 Å².